The second-order valence-corrected chi connectivity index (χ2v) is 4.93. The van der Waals surface area contributed by atoms with Gasteiger partial charge in [0.1, 0.15) is 5.82 Å². The van der Waals surface area contributed by atoms with E-state index in [4.69, 9.17) is 4.74 Å². The van der Waals surface area contributed by atoms with Crippen LogP contribution in [0.25, 0.3) is 0 Å². The summed E-state index contributed by atoms with van der Waals surface area (Å²) in [6, 6.07) is 4.53. The predicted molar refractivity (Wildman–Crippen MR) is 75.7 cm³/mol. The van der Waals surface area contributed by atoms with E-state index in [0.29, 0.717) is 31.7 Å². The summed E-state index contributed by atoms with van der Waals surface area (Å²) in [7, 11) is 1.62. The highest BCUT2D eigenvalue weighted by Crippen LogP contribution is 2.15. The number of methoxy groups -OCH3 is 1. The van der Waals surface area contributed by atoms with Crippen molar-refractivity contribution in [3.05, 3.63) is 34.1 Å². The van der Waals surface area contributed by atoms with Crippen LogP contribution in [0.1, 0.15) is 12.0 Å². The maximum atomic E-state index is 13.4. The van der Waals surface area contributed by atoms with Crippen LogP contribution < -0.4 is 10.6 Å². The van der Waals surface area contributed by atoms with Crippen LogP contribution in [0.3, 0.4) is 0 Å². The van der Waals surface area contributed by atoms with E-state index in [1.807, 2.05) is 0 Å². The lowest BCUT2D eigenvalue weighted by atomic mass is 10.1. The molecule has 0 unspecified atom stereocenters. The minimum atomic E-state index is -0.259. The highest BCUT2D eigenvalue weighted by atomic mass is 79.9. The molecule has 19 heavy (non-hydrogen) atoms. The zero-order valence-electron chi connectivity index (χ0n) is 10.8. The fraction of sp³-hybridized carbons (Fsp3) is 0.462. The molecule has 106 valence electrons. The lowest BCUT2D eigenvalue weighted by Gasteiger charge is -2.08. The summed E-state index contributed by atoms with van der Waals surface area (Å²) in [6.07, 6.45) is 1.22. The fourth-order valence-electron chi connectivity index (χ4n) is 1.53. The largest absolute Gasteiger partial charge is 0.385 e. The number of nitrogens with one attached hydrogen (secondary N) is 2. The van der Waals surface area contributed by atoms with Gasteiger partial charge in [-0.2, -0.15) is 0 Å². The van der Waals surface area contributed by atoms with Crippen LogP contribution in [-0.4, -0.2) is 32.8 Å². The molecule has 6 heteroatoms. The summed E-state index contributed by atoms with van der Waals surface area (Å²) < 4.78 is 19.1. The third-order valence-electron chi connectivity index (χ3n) is 2.50. The topological polar surface area (TPSA) is 50.4 Å². The van der Waals surface area contributed by atoms with Gasteiger partial charge in [0.15, 0.2) is 0 Å². The molecule has 0 heterocycles. The SMILES string of the molecule is COCCCNC(=O)NCCc1cc(Br)ccc1F. The number of ether oxygens (including phenoxy) is 1. The van der Waals surface area contributed by atoms with Gasteiger partial charge in [0.05, 0.1) is 0 Å². The third-order valence-corrected chi connectivity index (χ3v) is 2.99. The van der Waals surface area contributed by atoms with E-state index in [1.165, 1.54) is 6.07 Å². The van der Waals surface area contributed by atoms with Crippen LogP contribution in [0.15, 0.2) is 22.7 Å². The first kappa shape index (κ1) is 15.9. The predicted octanol–water partition coefficient (Wildman–Crippen LogP) is 2.47. The Morgan fingerprint density at radius 1 is 1.37 bits per heavy atom. The molecule has 0 fully saturated rings. The lowest BCUT2D eigenvalue weighted by Crippen LogP contribution is -2.37. The van der Waals surface area contributed by atoms with E-state index in [1.54, 1.807) is 19.2 Å². The first-order valence-electron chi connectivity index (χ1n) is 6.08. The van der Waals surface area contributed by atoms with Crippen molar-refractivity contribution >= 4 is 22.0 Å². The molecule has 0 aliphatic heterocycles. The van der Waals surface area contributed by atoms with Crippen molar-refractivity contribution < 1.29 is 13.9 Å². The molecule has 1 aromatic carbocycles. The maximum absolute atomic E-state index is 13.4. The second-order valence-electron chi connectivity index (χ2n) is 4.01. The molecular formula is C13H18BrFN2O2. The number of urea groups is 1. The van der Waals surface area contributed by atoms with Gasteiger partial charge in [-0.05, 0) is 36.6 Å². The molecule has 1 rings (SSSR count). The molecule has 0 spiro atoms. The molecule has 0 radical (unpaired) electrons. The third kappa shape index (κ3) is 6.54. The molecule has 0 aromatic heterocycles. The average Bonchev–Trinajstić information content (AvgIpc) is 2.39. The van der Waals surface area contributed by atoms with Gasteiger partial charge in [-0.25, -0.2) is 9.18 Å². The maximum Gasteiger partial charge on any atom is 0.314 e. The van der Waals surface area contributed by atoms with Crippen LogP contribution >= 0.6 is 15.9 Å². The summed E-state index contributed by atoms with van der Waals surface area (Å²) in [5.74, 6) is -0.259. The van der Waals surface area contributed by atoms with Crippen LogP contribution in [0.5, 0.6) is 0 Å². The first-order valence-corrected chi connectivity index (χ1v) is 6.87. The zero-order chi connectivity index (χ0) is 14.1. The Kier molecular flexibility index (Phi) is 7.43. The number of carbonyl (C=O) groups is 1. The van der Waals surface area contributed by atoms with E-state index in [0.717, 1.165) is 10.9 Å². The average molecular weight is 333 g/mol. The summed E-state index contributed by atoms with van der Waals surface area (Å²) in [5.41, 5.74) is 0.578. The van der Waals surface area contributed by atoms with Gasteiger partial charge in [0, 0.05) is 31.3 Å². The number of hydrogen-bond acceptors (Lipinski definition) is 2. The van der Waals surface area contributed by atoms with Crippen molar-refractivity contribution in [2.45, 2.75) is 12.8 Å². The van der Waals surface area contributed by atoms with E-state index in [-0.39, 0.29) is 11.8 Å². The highest BCUT2D eigenvalue weighted by molar-refractivity contribution is 9.10. The number of carbonyl (C=O) groups excluding carboxylic acids is 1. The lowest BCUT2D eigenvalue weighted by molar-refractivity contribution is 0.193. The Labute approximate surface area is 120 Å². The Morgan fingerprint density at radius 2 is 2.11 bits per heavy atom. The van der Waals surface area contributed by atoms with Crippen molar-refractivity contribution in [2.24, 2.45) is 0 Å². The normalized spacial score (nSPS) is 10.3. The summed E-state index contributed by atoms with van der Waals surface area (Å²) in [5, 5.41) is 5.38. The van der Waals surface area contributed by atoms with Gasteiger partial charge in [-0.1, -0.05) is 15.9 Å². The van der Waals surface area contributed by atoms with Gasteiger partial charge in [-0.15, -0.1) is 0 Å². The van der Waals surface area contributed by atoms with Gasteiger partial charge in [0.25, 0.3) is 0 Å². The molecule has 0 bridgehead atoms. The summed E-state index contributed by atoms with van der Waals surface area (Å²) >= 11 is 3.29. The minimum Gasteiger partial charge on any atom is -0.385 e. The Morgan fingerprint density at radius 3 is 2.84 bits per heavy atom. The van der Waals surface area contributed by atoms with Crippen LogP contribution in [0.4, 0.5) is 9.18 Å². The molecule has 0 aliphatic carbocycles. The van der Waals surface area contributed by atoms with Gasteiger partial charge < -0.3 is 15.4 Å². The van der Waals surface area contributed by atoms with Crippen molar-refractivity contribution in [3.8, 4) is 0 Å². The Bertz CT molecular complexity index is 416. The summed E-state index contributed by atoms with van der Waals surface area (Å²) in [6.45, 7) is 1.57. The van der Waals surface area contributed by atoms with Crippen LogP contribution in [0.2, 0.25) is 0 Å². The van der Waals surface area contributed by atoms with E-state index < -0.39 is 0 Å². The molecule has 1 aromatic rings. The summed E-state index contributed by atoms with van der Waals surface area (Å²) in [4.78, 5) is 11.4. The number of hydrogen-bond donors (Lipinski definition) is 2. The standard InChI is InChI=1S/C13H18BrFN2O2/c1-19-8-2-6-16-13(18)17-7-5-10-9-11(14)3-4-12(10)15/h3-4,9H,2,5-8H2,1H3,(H2,16,17,18). The molecule has 2 amide bonds. The van der Waals surface area contributed by atoms with Crippen molar-refractivity contribution in [2.75, 3.05) is 26.8 Å². The number of benzene rings is 1. The van der Waals surface area contributed by atoms with Gasteiger partial charge in [0.2, 0.25) is 0 Å². The Balaban J connectivity index is 2.22. The number of rotatable bonds is 7. The molecule has 0 aliphatic rings. The number of halogens is 2. The molecule has 0 atom stereocenters. The van der Waals surface area contributed by atoms with E-state index in [9.17, 15) is 9.18 Å². The Hall–Kier alpha value is -1.14. The number of amides is 2. The van der Waals surface area contributed by atoms with Crippen molar-refractivity contribution in [1.29, 1.82) is 0 Å². The smallest absolute Gasteiger partial charge is 0.314 e. The van der Waals surface area contributed by atoms with Gasteiger partial charge >= 0.3 is 6.03 Å². The van der Waals surface area contributed by atoms with Gasteiger partial charge in [-0.3, -0.25) is 0 Å². The monoisotopic (exact) mass is 332 g/mol. The first-order chi connectivity index (χ1) is 9.13. The fourth-order valence-corrected chi connectivity index (χ4v) is 1.94. The van der Waals surface area contributed by atoms with E-state index >= 15 is 0 Å². The second kappa shape index (κ2) is 8.87. The molecule has 0 saturated heterocycles. The quantitative estimate of drug-likeness (QED) is 0.753. The van der Waals surface area contributed by atoms with E-state index in [2.05, 4.69) is 26.6 Å². The van der Waals surface area contributed by atoms with Crippen LogP contribution in [-0.2, 0) is 11.2 Å². The highest BCUT2D eigenvalue weighted by Gasteiger charge is 2.04. The minimum absolute atomic E-state index is 0.244. The van der Waals surface area contributed by atoms with Crippen molar-refractivity contribution in [1.82, 2.24) is 10.6 Å². The zero-order valence-corrected chi connectivity index (χ0v) is 12.4. The molecular weight excluding hydrogens is 315 g/mol. The molecule has 0 saturated carbocycles. The molecule has 4 nitrogen and oxygen atoms in total. The van der Waals surface area contributed by atoms with Crippen LogP contribution in [0, 0.1) is 5.82 Å². The molecule has 2 N–H and O–H groups in total. The van der Waals surface area contributed by atoms with Crippen molar-refractivity contribution in [3.63, 3.8) is 0 Å².